The highest BCUT2D eigenvalue weighted by molar-refractivity contribution is 14.0. The third-order valence-electron chi connectivity index (χ3n) is 3.89. The van der Waals surface area contributed by atoms with E-state index in [2.05, 4.69) is 25.6 Å². The van der Waals surface area contributed by atoms with Gasteiger partial charge in [0.05, 0.1) is 11.0 Å². The predicted molar refractivity (Wildman–Crippen MR) is 114 cm³/mol. The third-order valence-corrected chi connectivity index (χ3v) is 3.89. The number of aryl methyl sites for hydroxylation is 1. The first-order chi connectivity index (χ1) is 12.2. The van der Waals surface area contributed by atoms with E-state index in [0.717, 1.165) is 41.8 Å². The predicted octanol–water partition coefficient (Wildman–Crippen LogP) is 3.62. The Kier molecular flexibility index (Phi) is 7.83. The lowest BCUT2D eigenvalue weighted by Crippen LogP contribution is -2.37. The van der Waals surface area contributed by atoms with E-state index in [1.165, 1.54) is 12.1 Å². The highest BCUT2D eigenvalue weighted by Gasteiger charge is 2.03. The lowest BCUT2D eigenvalue weighted by molar-refractivity contribution is 0.624. The molecule has 1 heterocycles. The third kappa shape index (κ3) is 5.69. The van der Waals surface area contributed by atoms with Crippen LogP contribution in [0.3, 0.4) is 0 Å². The van der Waals surface area contributed by atoms with E-state index in [0.29, 0.717) is 12.5 Å². The molecular weight excluding hydrogens is 444 g/mol. The van der Waals surface area contributed by atoms with Crippen molar-refractivity contribution in [2.24, 2.45) is 4.99 Å². The average Bonchev–Trinajstić information content (AvgIpc) is 3.04. The molecule has 138 valence electrons. The van der Waals surface area contributed by atoms with Gasteiger partial charge in [0.15, 0.2) is 5.96 Å². The number of aliphatic imine (C=N–C) groups is 1. The van der Waals surface area contributed by atoms with Crippen molar-refractivity contribution in [3.63, 3.8) is 0 Å². The molecule has 0 aliphatic heterocycles. The molecule has 0 spiro atoms. The second-order valence-electron chi connectivity index (χ2n) is 5.79. The van der Waals surface area contributed by atoms with Crippen molar-refractivity contribution in [1.82, 2.24) is 20.6 Å². The smallest absolute Gasteiger partial charge is 0.191 e. The number of rotatable bonds is 6. The van der Waals surface area contributed by atoms with Gasteiger partial charge in [-0.25, -0.2) is 9.37 Å². The van der Waals surface area contributed by atoms with Gasteiger partial charge in [-0.05, 0) is 36.2 Å². The number of hydrogen-bond donors (Lipinski definition) is 3. The van der Waals surface area contributed by atoms with E-state index in [1.807, 2.05) is 30.3 Å². The number of imidazole rings is 1. The Hall–Kier alpha value is -2.16. The number of benzene rings is 2. The summed E-state index contributed by atoms with van der Waals surface area (Å²) in [5, 5.41) is 6.44. The van der Waals surface area contributed by atoms with Gasteiger partial charge in [0.25, 0.3) is 0 Å². The number of guanidine groups is 1. The number of H-pyrrole nitrogens is 1. The molecule has 3 rings (SSSR count). The number of halogens is 2. The Labute approximate surface area is 169 Å². The summed E-state index contributed by atoms with van der Waals surface area (Å²) < 4.78 is 13.2. The molecule has 5 nitrogen and oxygen atoms in total. The molecule has 0 bridgehead atoms. The number of aromatic amines is 1. The summed E-state index contributed by atoms with van der Waals surface area (Å²) in [5.74, 6) is 1.47. The van der Waals surface area contributed by atoms with E-state index in [-0.39, 0.29) is 29.8 Å². The molecular formula is C19H23FIN5. The van der Waals surface area contributed by atoms with Crippen molar-refractivity contribution in [1.29, 1.82) is 0 Å². The Morgan fingerprint density at radius 1 is 1.15 bits per heavy atom. The molecule has 7 heteroatoms. The second-order valence-corrected chi connectivity index (χ2v) is 5.79. The summed E-state index contributed by atoms with van der Waals surface area (Å²) >= 11 is 0. The Bertz CT molecular complexity index is 829. The van der Waals surface area contributed by atoms with Crippen LogP contribution in [-0.4, -0.2) is 29.5 Å². The van der Waals surface area contributed by atoms with Gasteiger partial charge in [0, 0.05) is 26.6 Å². The highest BCUT2D eigenvalue weighted by atomic mass is 127. The van der Waals surface area contributed by atoms with Crippen molar-refractivity contribution >= 4 is 41.0 Å². The number of aromatic nitrogens is 2. The maximum Gasteiger partial charge on any atom is 0.191 e. The van der Waals surface area contributed by atoms with Crippen LogP contribution in [0.1, 0.15) is 17.8 Å². The Morgan fingerprint density at radius 3 is 2.77 bits per heavy atom. The first-order valence-corrected chi connectivity index (χ1v) is 8.37. The number of nitrogens with one attached hydrogen (secondary N) is 3. The quantitative estimate of drug-likeness (QED) is 0.225. The van der Waals surface area contributed by atoms with Gasteiger partial charge in [-0.3, -0.25) is 4.99 Å². The molecule has 0 saturated heterocycles. The maximum atomic E-state index is 13.2. The number of nitrogens with zero attached hydrogens (tertiary/aromatic N) is 2. The van der Waals surface area contributed by atoms with E-state index in [1.54, 1.807) is 13.1 Å². The van der Waals surface area contributed by atoms with Crippen LogP contribution in [0, 0.1) is 5.82 Å². The molecule has 0 amide bonds. The first kappa shape index (κ1) is 20.2. The van der Waals surface area contributed by atoms with E-state index in [4.69, 9.17) is 0 Å². The van der Waals surface area contributed by atoms with Crippen molar-refractivity contribution in [3.05, 3.63) is 65.7 Å². The van der Waals surface area contributed by atoms with Crippen molar-refractivity contribution in [2.75, 3.05) is 13.6 Å². The molecule has 0 radical (unpaired) electrons. The van der Waals surface area contributed by atoms with Crippen LogP contribution in [-0.2, 0) is 13.0 Å². The van der Waals surface area contributed by atoms with Crippen molar-refractivity contribution < 1.29 is 4.39 Å². The molecule has 0 saturated carbocycles. The lowest BCUT2D eigenvalue weighted by atomic mass is 10.2. The van der Waals surface area contributed by atoms with Gasteiger partial charge < -0.3 is 15.6 Å². The van der Waals surface area contributed by atoms with Gasteiger partial charge in [0.2, 0.25) is 0 Å². The monoisotopic (exact) mass is 467 g/mol. The van der Waals surface area contributed by atoms with Gasteiger partial charge in [-0.1, -0.05) is 24.3 Å². The minimum atomic E-state index is -0.229. The normalized spacial score (nSPS) is 11.2. The fraction of sp³-hybridized carbons (Fsp3) is 0.263. The first-order valence-electron chi connectivity index (χ1n) is 8.37. The lowest BCUT2D eigenvalue weighted by Gasteiger charge is -2.11. The van der Waals surface area contributed by atoms with Gasteiger partial charge in [-0.2, -0.15) is 0 Å². The minimum Gasteiger partial charge on any atom is -0.356 e. The van der Waals surface area contributed by atoms with E-state index in [9.17, 15) is 4.39 Å². The van der Waals surface area contributed by atoms with Crippen LogP contribution in [0.2, 0.25) is 0 Å². The number of para-hydroxylation sites is 2. The molecule has 0 unspecified atom stereocenters. The second kappa shape index (κ2) is 10.1. The average molecular weight is 467 g/mol. The summed E-state index contributed by atoms with van der Waals surface area (Å²) in [5.41, 5.74) is 2.95. The number of fused-ring (bicyclic) bond motifs is 1. The zero-order valence-corrected chi connectivity index (χ0v) is 17.0. The zero-order valence-electron chi connectivity index (χ0n) is 14.6. The van der Waals surface area contributed by atoms with Crippen LogP contribution in [0.15, 0.2) is 53.5 Å². The molecule has 0 aliphatic carbocycles. The Balaban J connectivity index is 0.00000243. The maximum absolute atomic E-state index is 13.2. The largest absolute Gasteiger partial charge is 0.356 e. The van der Waals surface area contributed by atoms with E-state index >= 15 is 0 Å². The fourth-order valence-electron chi connectivity index (χ4n) is 2.64. The van der Waals surface area contributed by atoms with Crippen molar-refractivity contribution in [2.45, 2.75) is 19.4 Å². The minimum absolute atomic E-state index is 0. The summed E-state index contributed by atoms with van der Waals surface area (Å²) in [6, 6.07) is 14.6. The van der Waals surface area contributed by atoms with Gasteiger partial charge in [-0.15, -0.1) is 24.0 Å². The molecule has 0 atom stereocenters. The summed E-state index contributed by atoms with van der Waals surface area (Å²) in [7, 11) is 1.72. The topological polar surface area (TPSA) is 65.1 Å². The molecule has 3 N–H and O–H groups in total. The van der Waals surface area contributed by atoms with Crippen LogP contribution in [0.4, 0.5) is 4.39 Å². The SMILES string of the molecule is CN=C(NCCCc1nc2ccccc2[nH]1)NCc1cccc(F)c1.I. The molecule has 0 aliphatic rings. The standard InChI is InChI=1S/C19H22FN5.HI/c1-21-19(23-13-14-6-4-7-15(20)12-14)22-11-5-10-18-24-16-8-2-3-9-17(16)25-18;/h2-4,6-9,12H,5,10-11,13H2,1H3,(H,24,25)(H2,21,22,23);1H. The van der Waals surface area contributed by atoms with Crippen LogP contribution in [0.25, 0.3) is 11.0 Å². The fourth-order valence-corrected chi connectivity index (χ4v) is 2.64. The Morgan fingerprint density at radius 2 is 2.00 bits per heavy atom. The zero-order chi connectivity index (χ0) is 17.5. The van der Waals surface area contributed by atoms with Crippen LogP contribution >= 0.6 is 24.0 Å². The summed E-state index contributed by atoms with van der Waals surface area (Å²) in [6.07, 6.45) is 1.79. The molecule has 3 aromatic rings. The summed E-state index contributed by atoms with van der Waals surface area (Å²) in [4.78, 5) is 12.1. The summed E-state index contributed by atoms with van der Waals surface area (Å²) in [6.45, 7) is 1.31. The van der Waals surface area contributed by atoms with Crippen molar-refractivity contribution in [3.8, 4) is 0 Å². The number of hydrogen-bond acceptors (Lipinski definition) is 2. The van der Waals surface area contributed by atoms with Crippen LogP contribution < -0.4 is 10.6 Å². The van der Waals surface area contributed by atoms with E-state index < -0.39 is 0 Å². The molecule has 1 aromatic heterocycles. The molecule has 26 heavy (non-hydrogen) atoms. The highest BCUT2D eigenvalue weighted by Crippen LogP contribution is 2.11. The van der Waals surface area contributed by atoms with Gasteiger partial charge in [0.1, 0.15) is 11.6 Å². The van der Waals surface area contributed by atoms with Gasteiger partial charge >= 0.3 is 0 Å². The molecule has 2 aromatic carbocycles. The molecule has 0 fully saturated rings. The van der Waals surface area contributed by atoms with Crippen LogP contribution in [0.5, 0.6) is 0 Å².